The van der Waals surface area contributed by atoms with Crippen LogP contribution in [0.1, 0.15) is 11.1 Å². The predicted octanol–water partition coefficient (Wildman–Crippen LogP) is 2.59. The van der Waals surface area contributed by atoms with E-state index in [0.29, 0.717) is 13.2 Å². The van der Waals surface area contributed by atoms with E-state index in [9.17, 15) is 0 Å². The minimum Gasteiger partial charge on any atom is -0.491 e. The SMILES string of the molecule is NCCc1ccccc1N1CCOc2ccccc2C1. The van der Waals surface area contributed by atoms with E-state index in [1.165, 1.54) is 16.8 Å². The molecule has 0 radical (unpaired) electrons. The fourth-order valence-corrected chi connectivity index (χ4v) is 2.72. The summed E-state index contributed by atoms with van der Waals surface area (Å²) in [4.78, 5) is 2.39. The Morgan fingerprint density at radius 1 is 1.05 bits per heavy atom. The summed E-state index contributed by atoms with van der Waals surface area (Å²) >= 11 is 0. The third-order valence-corrected chi connectivity index (χ3v) is 3.70. The first-order valence-corrected chi connectivity index (χ1v) is 7.12. The largest absolute Gasteiger partial charge is 0.491 e. The number of benzene rings is 2. The van der Waals surface area contributed by atoms with Crippen LogP contribution in [0.2, 0.25) is 0 Å². The monoisotopic (exact) mass is 268 g/mol. The summed E-state index contributed by atoms with van der Waals surface area (Å²) < 4.78 is 5.83. The Morgan fingerprint density at radius 3 is 2.75 bits per heavy atom. The molecule has 0 bridgehead atoms. The number of rotatable bonds is 3. The van der Waals surface area contributed by atoms with Crippen molar-refractivity contribution < 1.29 is 4.74 Å². The average molecular weight is 268 g/mol. The van der Waals surface area contributed by atoms with E-state index < -0.39 is 0 Å². The number of anilines is 1. The maximum Gasteiger partial charge on any atom is 0.124 e. The van der Waals surface area contributed by atoms with E-state index in [1.54, 1.807) is 0 Å². The molecule has 1 heterocycles. The van der Waals surface area contributed by atoms with Crippen LogP contribution in [0.5, 0.6) is 5.75 Å². The van der Waals surface area contributed by atoms with Gasteiger partial charge in [-0.15, -0.1) is 0 Å². The Labute approximate surface area is 120 Å². The molecule has 3 heteroatoms. The maximum atomic E-state index is 5.83. The third kappa shape index (κ3) is 2.63. The number of hydrogen-bond donors (Lipinski definition) is 1. The van der Waals surface area contributed by atoms with Crippen LogP contribution in [0, 0.1) is 0 Å². The van der Waals surface area contributed by atoms with Gasteiger partial charge in [0.15, 0.2) is 0 Å². The zero-order valence-corrected chi connectivity index (χ0v) is 11.6. The summed E-state index contributed by atoms with van der Waals surface area (Å²) in [7, 11) is 0. The summed E-state index contributed by atoms with van der Waals surface area (Å²) in [5.41, 5.74) is 9.56. The van der Waals surface area contributed by atoms with Crippen molar-refractivity contribution in [3.8, 4) is 5.75 Å². The molecule has 3 nitrogen and oxygen atoms in total. The molecule has 2 aromatic carbocycles. The van der Waals surface area contributed by atoms with Gasteiger partial charge < -0.3 is 15.4 Å². The quantitative estimate of drug-likeness (QED) is 0.930. The molecular weight excluding hydrogens is 248 g/mol. The normalized spacial score (nSPS) is 14.3. The van der Waals surface area contributed by atoms with Crippen LogP contribution in [-0.4, -0.2) is 19.7 Å². The molecule has 0 aliphatic carbocycles. The van der Waals surface area contributed by atoms with Crippen molar-refractivity contribution in [2.24, 2.45) is 5.73 Å². The molecule has 0 unspecified atom stereocenters. The second-order valence-electron chi connectivity index (χ2n) is 5.05. The summed E-state index contributed by atoms with van der Waals surface area (Å²) in [5, 5.41) is 0. The van der Waals surface area contributed by atoms with Gasteiger partial charge in [0.2, 0.25) is 0 Å². The van der Waals surface area contributed by atoms with Crippen LogP contribution in [0.3, 0.4) is 0 Å². The molecule has 2 N–H and O–H groups in total. The van der Waals surface area contributed by atoms with Crippen LogP contribution in [0.25, 0.3) is 0 Å². The Bertz CT molecular complexity index is 583. The van der Waals surface area contributed by atoms with Crippen LogP contribution in [-0.2, 0) is 13.0 Å². The lowest BCUT2D eigenvalue weighted by Gasteiger charge is -2.25. The number of para-hydroxylation sites is 2. The van der Waals surface area contributed by atoms with Gasteiger partial charge >= 0.3 is 0 Å². The molecule has 1 aliphatic rings. The Morgan fingerprint density at radius 2 is 1.85 bits per heavy atom. The van der Waals surface area contributed by atoms with Gasteiger partial charge in [0.1, 0.15) is 12.4 Å². The van der Waals surface area contributed by atoms with Gasteiger partial charge in [-0.25, -0.2) is 0 Å². The second kappa shape index (κ2) is 5.97. The molecule has 0 amide bonds. The molecule has 2 aromatic rings. The highest BCUT2D eigenvalue weighted by molar-refractivity contribution is 5.55. The number of ether oxygens (including phenoxy) is 1. The highest BCUT2D eigenvalue weighted by atomic mass is 16.5. The summed E-state index contributed by atoms with van der Waals surface area (Å²) in [6.07, 6.45) is 0.912. The lowest BCUT2D eigenvalue weighted by molar-refractivity contribution is 0.331. The summed E-state index contributed by atoms with van der Waals surface area (Å²) in [5.74, 6) is 1.01. The average Bonchev–Trinajstić information content (AvgIpc) is 2.70. The van der Waals surface area contributed by atoms with Crippen molar-refractivity contribution in [2.75, 3.05) is 24.6 Å². The number of nitrogens with zero attached hydrogens (tertiary/aromatic N) is 1. The Hall–Kier alpha value is -2.00. The number of nitrogens with two attached hydrogens (primary N) is 1. The van der Waals surface area contributed by atoms with E-state index >= 15 is 0 Å². The lowest BCUT2D eigenvalue weighted by atomic mass is 10.1. The minimum atomic E-state index is 0.679. The van der Waals surface area contributed by atoms with Gasteiger partial charge in [-0.05, 0) is 30.7 Å². The van der Waals surface area contributed by atoms with E-state index in [0.717, 1.165) is 25.3 Å². The molecular formula is C17H20N2O. The molecule has 0 aromatic heterocycles. The zero-order chi connectivity index (χ0) is 13.8. The number of hydrogen-bond acceptors (Lipinski definition) is 3. The van der Waals surface area contributed by atoms with Crippen molar-refractivity contribution >= 4 is 5.69 Å². The Kier molecular flexibility index (Phi) is 3.88. The van der Waals surface area contributed by atoms with Gasteiger partial charge in [0.05, 0.1) is 6.54 Å². The smallest absolute Gasteiger partial charge is 0.124 e. The first kappa shape index (κ1) is 13.0. The first-order valence-electron chi connectivity index (χ1n) is 7.12. The third-order valence-electron chi connectivity index (χ3n) is 3.70. The highest BCUT2D eigenvalue weighted by Gasteiger charge is 2.17. The van der Waals surface area contributed by atoms with Crippen LogP contribution >= 0.6 is 0 Å². The predicted molar refractivity (Wildman–Crippen MR) is 82.2 cm³/mol. The van der Waals surface area contributed by atoms with E-state index in [1.807, 2.05) is 12.1 Å². The van der Waals surface area contributed by atoms with E-state index in [2.05, 4.69) is 41.3 Å². The van der Waals surface area contributed by atoms with Crippen molar-refractivity contribution in [3.05, 3.63) is 59.7 Å². The summed E-state index contributed by atoms with van der Waals surface area (Å²) in [6, 6.07) is 16.8. The standard InChI is InChI=1S/C17H20N2O/c18-10-9-14-5-1-3-7-16(14)19-11-12-20-17-8-4-2-6-15(17)13-19/h1-8H,9-13,18H2. The first-order chi connectivity index (χ1) is 9.88. The van der Waals surface area contributed by atoms with Crippen molar-refractivity contribution in [1.29, 1.82) is 0 Å². The minimum absolute atomic E-state index is 0.679. The van der Waals surface area contributed by atoms with Crippen molar-refractivity contribution in [2.45, 2.75) is 13.0 Å². The summed E-state index contributed by atoms with van der Waals surface area (Å²) in [6.45, 7) is 3.18. The van der Waals surface area contributed by atoms with Crippen LogP contribution in [0.15, 0.2) is 48.5 Å². The zero-order valence-electron chi connectivity index (χ0n) is 11.6. The topological polar surface area (TPSA) is 38.5 Å². The van der Waals surface area contributed by atoms with Gasteiger partial charge in [-0.2, -0.15) is 0 Å². The second-order valence-corrected chi connectivity index (χ2v) is 5.05. The van der Waals surface area contributed by atoms with Crippen molar-refractivity contribution in [1.82, 2.24) is 0 Å². The van der Waals surface area contributed by atoms with Gasteiger partial charge in [0, 0.05) is 17.8 Å². The molecule has 0 atom stereocenters. The van der Waals surface area contributed by atoms with Crippen LogP contribution < -0.4 is 15.4 Å². The molecule has 0 saturated carbocycles. The maximum absolute atomic E-state index is 5.83. The molecule has 0 fully saturated rings. The molecule has 1 aliphatic heterocycles. The lowest BCUT2D eigenvalue weighted by Crippen LogP contribution is -2.26. The molecule has 20 heavy (non-hydrogen) atoms. The van der Waals surface area contributed by atoms with Gasteiger partial charge in [-0.1, -0.05) is 36.4 Å². The fraction of sp³-hybridized carbons (Fsp3) is 0.294. The number of fused-ring (bicyclic) bond motifs is 1. The van der Waals surface area contributed by atoms with E-state index in [-0.39, 0.29) is 0 Å². The molecule has 3 rings (SSSR count). The molecule has 104 valence electrons. The van der Waals surface area contributed by atoms with E-state index in [4.69, 9.17) is 10.5 Å². The van der Waals surface area contributed by atoms with Gasteiger partial charge in [0.25, 0.3) is 0 Å². The van der Waals surface area contributed by atoms with Crippen molar-refractivity contribution in [3.63, 3.8) is 0 Å². The fourth-order valence-electron chi connectivity index (χ4n) is 2.72. The molecule has 0 spiro atoms. The van der Waals surface area contributed by atoms with Gasteiger partial charge in [-0.3, -0.25) is 0 Å². The van der Waals surface area contributed by atoms with Crippen LogP contribution in [0.4, 0.5) is 5.69 Å². The highest BCUT2D eigenvalue weighted by Crippen LogP contribution is 2.28. The molecule has 0 saturated heterocycles. The Balaban J connectivity index is 1.91.